The number of halogens is 1. The standard InChI is InChI=1S/C19H22ClN5O2/c20-16-4-2-1-3-15(16)19(26)25-7-5-23(6-8-25)17-13-18(22-14-21-17)24-9-11-27-12-10-24/h1-4,13-14H,5-12H2. The Morgan fingerprint density at radius 2 is 1.56 bits per heavy atom. The molecule has 2 aliphatic rings. The average Bonchev–Trinajstić information content (AvgIpc) is 2.74. The van der Waals surface area contributed by atoms with Gasteiger partial charge in [0, 0.05) is 45.3 Å². The highest BCUT2D eigenvalue weighted by atomic mass is 35.5. The molecule has 142 valence electrons. The molecule has 7 nitrogen and oxygen atoms in total. The first-order valence-corrected chi connectivity index (χ1v) is 9.53. The molecular weight excluding hydrogens is 366 g/mol. The van der Waals surface area contributed by atoms with Gasteiger partial charge in [-0.2, -0.15) is 0 Å². The Morgan fingerprint density at radius 3 is 2.22 bits per heavy atom. The summed E-state index contributed by atoms with van der Waals surface area (Å²) in [5.41, 5.74) is 0.559. The number of aromatic nitrogens is 2. The van der Waals surface area contributed by atoms with E-state index in [-0.39, 0.29) is 5.91 Å². The van der Waals surface area contributed by atoms with Gasteiger partial charge in [-0.1, -0.05) is 23.7 Å². The lowest BCUT2D eigenvalue weighted by molar-refractivity contribution is 0.0746. The number of carbonyl (C=O) groups is 1. The summed E-state index contributed by atoms with van der Waals surface area (Å²) in [5.74, 6) is 1.81. The van der Waals surface area contributed by atoms with Gasteiger partial charge >= 0.3 is 0 Å². The fourth-order valence-corrected chi connectivity index (χ4v) is 3.64. The fraction of sp³-hybridized carbons (Fsp3) is 0.421. The summed E-state index contributed by atoms with van der Waals surface area (Å²) < 4.78 is 5.40. The monoisotopic (exact) mass is 387 g/mol. The first kappa shape index (κ1) is 18.0. The SMILES string of the molecule is O=C(c1ccccc1Cl)N1CCN(c2cc(N3CCOCC3)ncn2)CC1. The van der Waals surface area contributed by atoms with Gasteiger partial charge < -0.3 is 19.4 Å². The van der Waals surface area contributed by atoms with Crippen molar-refractivity contribution in [2.24, 2.45) is 0 Å². The molecule has 0 radical (unpaired) electrons. The van der Waals surface area contributed by atoms with Crippen LogP contribution in [0.1, 0.15) is 10.4 Å². The Balaban J connectivity index is 1.40. The Bertz CT molecular complexity index is 804. The summed E-state index contributed by atoms with van der Waals surface area (Å²) >= 11 is 6.17. The zero-order valence-corrected chi connectivity index (χ0v) is 15.8. The van der Waals surface area contributed by atoms with E-state index in [0.29, 0.717) is 23.7 Å². The largest absolute Gasteiger partial charge is 0.378 e. The van der Waals surface area contributed by atoms with E-state index in [9.17, 15) is 4.79 Å². The van der Waals surface area contributed by atoms with Crippen molar-refractivity contribution in [2.75, 3.05) is 62.3 Å². The molecule has 4 rings (SSSR count). The minimum absolute atomic E-state index is 0.0167. The molecule has 0 atom stereocenters. The molecule has 0 saturated carbocycles. The smallest absolute Gasteiger partial charge is 0.255 e. The summed E-state index contributed by atoms with van der Waals surface area (Å²) in [6.45, 7) is 5.88. The average molecular weight is 388 g/mol. The van der Waals surface area contributed by atoms with Gasteiger partial charge in [-0.05, 0) is 12.1 Å². The first-order valence-electron chi connectivity index (χ1n) is 9.16. The van der Waals surface area contributed by atoms with Gasteiger partial charge in [0.2, 0.25) is 0 Å². The second kappa shape index (κ2) is 8.10. The number of carbonyl (C=O) groups excluding carboxylic acids is 1. The second-order valence-electron chi connectivity index (χ2n) is 6.59. The molecule has 2 fully saturated rings. The molecular formula is C19H22ClN5O2. The molecule has 3 heterocycles. The Labute approximate surface area is 163 Å². The molecule has 2 aromatic rings. The highest BCUT2D eigenvalue weighted by molar-refractivity contribution is 6.33. The molecule has 1 amide bonds. The lowest BCUT2D eigenvalue weighted by Crippen LogP contribution is -2.49. The van der Waals surface area contributed by atoms with Crippen LogP contribution in [0.25, 0.3) is 0 Å². The van der Waals surface area contributed by atoms with Crippen molar-refractivity contribution >= 4 is 29.1 Å². The van der Waals surface area contributed by atoms with Crippen LogP contribution >= 0.6 is 11.6 Å². The lowest BCUT2D eigenvalue weighted by Gasteiger charge is -2.36. The topological polar surface area (TPSA) is 61.8 Å². The number of hydrogen-bond acceptors (Lipinski definition) is 6. The van der Waals surface area contributed by atoms with E-state index in [1.165, 1.54) is 0 Å². The quantitative estimate of drug-likeness (QED) is 0.802. The zero-order chi connectivity index (χ0) is 18.6. The van der Waals surface area contributed by atoms with Gasteiger partial charge in [0.1, 0.15) is 18.0 Å². The number of amides is 1. The van der Waals surface area contributed by atoms with Gasteiger partial charge in [0.15, 0.2) is 0 Å². The van der Waals surface area contributed by atoms with Crippen molar-refractivity contribution in [3.63, 3.8) is 0 Å². The summed E-state index contributed by atoms with van der Waals surface area (Å²) in [6.07, 6.45) is 1.61. The maximum absolute atomic E-state index is 12.7. The number of rotatable bonds is 3. The Morgan fingerprint density at radius 1 is 0.926 bits per heavy atom. The highest BCUT2D eigenvalue weighted by Gasteiger charge is 2.24. The molecule has 0 spiro atoms. The van der Waals surface area contributed by atoms with Gasteiger partial charge in [-0.3, -0.25) is 4.79 Å². The fourth-order valence-electron chi connectivity index (χ4n) is 3.42. The van der Waals surface area contributed by atoms with E-state index in [0.717, 1.165) is 51.0 Å². The van der Waals surface area contributed by atoms with Crippen molar-refractivity contribution < 1.29 is 9.53 Å². The van der Waals surface area contributed by atoms with Gasteiger partial charge in [-0.15, -0.1) is 0 Å². The van der Waals surface area contributed by atoms with Crippen molar-refractivity contribution in [3.05, 3.63) is 47.2 Å². The third-order valence-electron chi connectivity index (χ3n) is 4.97. The minimum atomic E-state index is -0.0167. The van der Waals surface area contributed by atoms with Crippen LogP contribution in [0.2, 0.25) is 5.02 Å². The number of hydrogen-bond donors (Lipinski definition) is 0. The van der Waals surface area contributed by atoms with E-state index in [1.54, 1.807) is 18.5 Å². The van der Waals surface area contributed by atoms with Crippen LogP contribution in [-0.4, -0.2) is 73.3 Å². The normalized spacial score (nSPS) is 17.9. The van der Waals surface area contributed by atoms with Gasteiger partial charge in [0.05, 0.1) is 23.8 Å². The molecule has 1 aromatic carbocycles. The van der Waals surface area contributed by atoms with E-state index in [4.69, 9.17) is 16.3 Å². The van der Waals surface area contributed by atoms with Crippen molar-refractivity contribution in [3.8, 4) is 0 Å². The summed E-state index contributed by atoms with van der Waals surface area (Å²) in [7, 11) is 0. The second-order valence-corrected chi connectivity index (χ2v) is 7.00. The predicted molar refractivity (Wildman–Crippen MR) is 105 cm³/mol. The first-order chi connectivity index (χ1) is 13.2. The molecule has 0 bridgehead atoms. The summed E-state index contributed by atoms with van der Waals surface area (Å²) in [6, 6.07) is 9.22. The minimum Gasteiger partial charge on any atom is -0.378 e. The van der Waals surface area contributed by atoms with Crippen molar-refractivity contribution in [2.45, 2.75) is 0 Å². The third kappa shape index (κ3) is 3.99. The van der Waals surface area contributed by atoms with Crippen LogP contribution in [0.15, 0.2) is 36.7 Å². The van der Waals surface area contributed by atoms with Crippen molar-refractivity contribution in [1.29, 1.82) is 0 Å². The van der Waals surface area contributed by atoms with Crippen LogP contribution in [0.3, 0.4) is 0 Å². The Hall–Kier alpha value is -2.38. The van der Waals surface area contributed by atoms with Crippen LogP contribution < -0.4 is 9.80 Å². The molecule has 2 saturated heterocycles. The number of anilines is 2. The lowest BCUT2D eigenvalue weighted by atomic mass is 10.2. The zero-order valence-electron chi connectivity index (χ0n) is 15.1. The molecule has 27 heavy (non-hydrogen) atoms. The number of ether oxygens (including phenoxy) is 1. The van der Waals surface area contributed by atoms with E-state index >= 15 is 0 Å². The summed E-state index contributed by atoms with van der Waals surface area (Å²) in [5, 5.41) is 0.496. The molecule has 2 aliphatic heterocycles. The number of morpholine rings is 1. The van der Waals surface area contributed by atoms with Gasteiger partial charge in [-0.25, -0.2) is 9.97 Å². The number of piperazine rings is 1. The third-order valence-corrected chi connectivity index (χ3v) is 5.30. The van der Waals surface area contributed by atoms with Crippen LogP contribution in [0.5, 0.6) is 0 Å². The van der Waals surface area contributed by atoms with E-state index in [1.807, 2.05) is 23.1 Å². The predicted octanol–water partition coefficient (Wildman–Crippen LogP) is 1.93. The molecule has 0 unspecified atom stereocenters. The van der Waals surface area contributed by atoms with Gasteiger partial charge in [0.25, 0.3) is 5.91 Å². The molecule has 8 heteroatoms. The van der Waals surface area contributed by atoms with Crippen LogP contribution in [0.4, 0.5) is 11.6 Å². The van der Waals surface area contributed by atoms with E-state index in [2.05, 4.69) is 19.8 Å². The molecule has 1 aromatic heterocycles. The van der Waals surface area contributed by atoms with Crippen LogP contribution in [0, 0.1) is 0 Å². The maximum atomic E-state index is 12.7. The Kier molecular flexibility index (Phi) is 5.40. The molecule has 0 aliphatic carbocycles. The molecule has 0 N–H and O–H groups in total. The highest BCUT2D eigenvalue weighted by Crippen LogP contribution is 2.22. The summed E-state index contributed by atoms with van der Waals surface area (Å²) in [4.78, 5) is 27.8. The van der Waals surface area contributed by atoms with Crippen molar-refractivity contribution in [1.82, 2.24) is 14.9 Å². The van der Waals surface area contributed by atoms with Crippen LogP contribution in [-0.2, 0) is 4.74 Å². The number of benzene rings is 1. The number of nitrogens with zero attached hydrogens (tertiary/aromatic N) is 5. The maximum Gasteiger partial charge on any atom is 0.255 e. The van der Waals surface area contributed by atoms with E-state index < -0.39 is 0 Å².